The van der Waals surface area contributed by atoms with E-state index in [4.69, 9.17) is 4.74 Å². The van der Waals surface area contributed by atoms with E-state index in [1.54, 1.807) is 4.57 Å². The van der Waals surface area contributed by atoms with Crippen LogP contribution in [0.25, 0.3) is 0 Å². The van der Waals surface area contributed by atoms with Crippen molar-refractivity contribution in [3.63, 3.8) is 0 Å². The average molecular weight is 949 g/mol. The Morgan fingerprint density at radius 2 is 1.07 bits per heavy atom. The Bertz CT molecular complexity index is 3020. The van der Waals surface area contributed by atoms with Crippen molar-refractivity contribution in [2.24, 2.45) is 11.8 Å². The normalized spacial score (nSPS) is 22.7. The predicted molar refractivity (Wildman–Crippen MR) is 240 cm³/mol. The maximum Gasteiger partial charge on any atom is 0.275 e. The second kappa shape index (κ2) is 18.3. The molecule has 69 heavy (non-hydrogen) atoms. The molecule has 3 N–H and O–H groups in total. The number of hydrogen-bond donors (Lipinski definition) is 3. The molecule has 4 bridgehead atoms. The molecule has 0 unspecified atom stereocenters. The van der Waals surface area contributed by atoms with Gasteiger partial charge in [-0.25, -0.2) is 17.6 Å². The Morgan fingerprint density at radius 1 is 0.609 bits per heavy atom. The van der Waals surface area contributed by atoms with E-state index < -0.39 is 51.7 Å². The van der Waals surface area contributed by atoms with Gasteiger partial charge in [0.2, 0.25) is 10.9 Å². The highest BCUT2D eigenvalue weighted by Gasteiger charge is 2.50. The second-order valence-electron chi connectivity index (χ2n) is 18.7. The molecule has 2 saturated carbocycles. The molecule has 8 aliphatic rings. The minimum Gasteiger partial charge on any atom is -0.503 e. The number of amides is 4. The lowest BCUT2D eigenvalue weighted by atomic mass is 9.73. The number of carbonyl (C=O) groups is 4. The number of nitrogens with zero attached hydrogens (tertiary/aromatic N) is 4. The number of aromatic nitrogens is 2. The highest BCUT2D eigenvalue weighted by molar-refractivity contribution is 6.00. The van der Waals surface area contributed by atoms with Gasteiger partial charge in [-0.3, -0.25) is 28.8 Å². The van der Waals surface area contributed by atoms with Crippen LogP contribution in [0.1, 0.15) is 110 Å². The van der Waals surface area contributed by atoms with E-state index in [9.17, 15) is 51.4 Å². The first-order valence-corrected chi connectivity index (χ1v) is 23.3. The zero-order valence-corrected chi connectivity index (χ0v) is 37.3. The molecule has 3 aromatic carbocycles. The van der Waals surface area contributed by atoms with Gasteiger partial charge in [-0.2, -0.15) is 0 Å². The van der Waals surface area contributed by atoms with E-state index in [2.05, 4.69) is 10.6 Å². The van der Waals surface area contributed by atoms with Crippen LogP contribution in [0.5, 0.6) is 11.5 Å². The molecule has 18 heteroatoms. The lowest BCUT2D eigenvalue weighted by Crippen LogP contribution is -2.62. The molecule has 4 saturated heterocycles. The number of nitrogens with one attached hydrogen (secondary N) is 2. The van der Waals surface area contributed by atoms with Gasteiger partial charge in [0.25, 0.3) is 23.6 Å². The van der Waals surface area contributed by atoms with Crippen molar-refractivity contribution in [3.8, 4) is 11.5 Å². The minimum atomic E-state index is -0.947. The molecular weight excluding hydrogens is 901 g/mol. The van der Waals surface area contributed by atoms with Crippen molar-refractivity contribution >= 4 is 23.6 Å². The number of pyridine rings is 2. The topological polar surface area (TPSA) is 172 Å². The minimum absolute atomic E-state index is 0.0104. The van der Waals surface area contributed by atoms with Crippen LogP contribution in [0.3, 0.4) is 0 Å². The number of halogens is 4. The van der Waals surface area contributed by atoms with Crippen LogP contribution >= 0.6 is 0 Å². The molecule has 5 aromatic rings. The maximum absolute atomic E-state index is 14.1. The summed E-state index contributed by atoms with van der Waals surface area (Å²) >= 11 is 0. The molecule has 2 aliphatic carbocycles. The number of piperidine rings is 4. The average Bonchev–Trinajstić information content (AvgIpc) is 3.35. The molecule has 6 aliphatic heterocycles. The van der Waals surface area contributed by atoms with Crippen LogP contribution in [0.4, 0.5) is 17.6 Å². The summed E-state index contributed by atoms with van der Waals surface area (Å²) in [4.78, 5) is 82.7. The van der Waals surface area contributed by atoms with Crippen LogP contribution in [0, 0.1) is 35.1 Å². The fourth-order valence-corrected chi connectivity index (χ4v) is 11.4. The van der Waals surface area contributed by atoms with Crippen molar-refractivity contribution < 1.29 is 46.6 Å². The largest absolute Gasteiger partial charge is 0.503 e. The van der Waals surface area contributed by atoms with E-state index in [0.717, 1.165) is 75.1 Å². The summed E-state index contributed by atoms with van der Waals surface area (Å²) in [5.41, 5.74) is -1.14. The lowest BCUT2D eigenvalue weighted by Gasteiger charge is -2.54. The van der Waals surface area contributed by atoms with Crippen LogP contribution < -0.4 is 26.2 Å². The van der Waals surface area contributed by atoms with E-state index in [-0.39, 0.29) is 95.1 Å². The fraction of sp³-hybridized carbons (Fsp3) is 0.373. The van der Waals surface area contributed by atoms with Crippen molar-refractivity contribution in [1.29, 1.82) is 0 Å². The van der Waals surface area contributed by atoms with E-state index in [1.165, 1.54) is 29.1 Å². The third-order valence-corrected chi connectivity index (χ3v) is 14.8. The summed E-state index contributed by atoms with van der Waals surface area (Å²) in [6.45, 7) is 0.440. The molecule has 13 rings (SSSR count). The summed E-state index contributed by atoms with van der Waals surface area (Å²) in [7, 11) is 0. The number of hydrogen-bond acceptors (Lipinski definition) is 8. The first kappa shape index (κ1) is 45.5. The quantitative estimate of drug-likeness (QED) is 0.147. The van der Waals surface area contributed by atoms with Gasteiger partial charge in [0.15, 0.2) is 22.9 Å². The number of carbonyl (C=O) groups excluding carboxylic acids is 4. The molecule has 2 atom stereocenters. The van der Waals surface area contributed by atoms with Crippen LogP contribution in [0.15, 0.2) is 88.7 Å². The van der Waals surface area contributed by atoms with Crippen LogP contribution in [0.2, 0.25) is 0 Å². The summed E-state index contributed by atoms with van der Waals surface area (Å²) in [6.07, 6.45) is 10.7. The van der Waals surface area contributed by atoms with E-state index >= 15 is 0 Å². The molecule has 14 nitrogen and oxygen atoms in total. The Balaban J connectivity index is 0.000000164. The Morgan fingerprint density at radius 3 is 1.57 bits per heavy atom. The first-order valence-electron chi connectivity index (χ1n) is 23.3. The molecule has 0 radical (unpaired) electrons. The first-order chi connectivity index (χ1) is 33.2. The molecule has 0 spiro atoms. The summed E-state index contributed by atoms with van der Waals surface area (Å²) in [5, 5.41) is 15.5. The van der Waals surface area contributed by atoms with Gasteiger partial charge in [0.1, 0.15) is 41.0 Å². The van der Waals surface area contributed by atoms with Crippen molar-refractivity contribution in [2.75, 3.05) is 0 Å². The third kappa shape index (κ3) is 8.43. The summed E-state index contributed by atoms with van der Waals surface area (Å²) in [6, 6.07) is 15.6. The van der Waals surface area contributed by atoms with E-state index in [0.29, 0.717) is 31.0 Å². The SMILES string of the molecule is O=C(NCc1ccc(F)cc1F)c1cn2c(c(O)c1=O)C(=O)N1C3CCC(CC3)[C@H]1C2.O=C(NCc1ccc(F)cc1F)c1cn2c(c(OCc3ccccc3)c1=O)C(=O)N1C3CCC(CC3)[C@H]1C2. The third-order valence-electron chi connectivity index (χ3n) is 14.8. The zero-order chi connectivity index (χ0) is 48.2. The van der Waals surface area contributed by atoms with Gasteiger partial charge >= 0.3 is 0 Å². The predicted octanol–water partition coefficient (Wildman–Crippen LogP) is 6.19. The standard InChI is InChI=1S/C29H27F2N3O4.C22H21F2N3O4/c30-20-9-6-19(23(31)12-20)13-32-28(36)22-14-33-15-24-18-7-10-21(11-8-18)34(24)29(37)25(33)27(26(22)35)38-16-17-4-2-1-3-5-17;23-13-4-1-12(16(24)7-13)8-25-21(30)15-9-26-10-17-11-2-5-14(6-3-11)27(17)22(31)18(26)20(29)19(15)28/h1-6,9,12,14,18,21,24H,7-8,10-11,13,15-16H2,(H,32,36);1,4,7,9,11,14,17,29H,2-3,5-6,8,10H2,(H,25,30)/t18?,21?,24-;11?,14?,17-/m11/s1. The number of aromatic hydroxyl groups is 1. The van der Waals surface area contributed by atoms with Gasteiger partial charge < -0.3 is 39.4 Å². The highest BCUT2D eigenvalue weighted by atomic mass is 19.1. The molecule has 2 aromatic heterocycles. The van der Waals surface area contributed by atoms with Gasteiger partial charge in [0.05, 0.1) is 12.1 Å². The molecule has 6 fully saturated rings. The lowest BCUT2D eigenvalue weighted by molar-refractivity contribution is -0.0185. The molecular formula is C51H48F4N6O8. The smallest absolute Gasteiger partial charge is 0.275 e. The van der Waals surface area contributed by atoms with Gasteiger partial charge in [-0.05, 0) is 80.9 Å². The maximum atomic E-state index is 14.1. The van der Waals surface area contributed by atoms with Gasteiger partial charge in [0, 0.05) is 73.9 Å². The second-order valence-corrected chi connectivity index (χ2v) is 18.7. The molecule has 8 heterocycles. The monoisotopic (exact) mass is 948 g/mol. The molecule has 4 amide bonds. The van der Waals surface area contributed by atoms with Gasteiger partial charge in [-0.15, -0.1) is 0 Å². The zero-order valence-electron chi connectivity index (χ0n) is 37.3. The Labute approximate surface area is 392 Å². The Kier molecular flexibility index (Phi) is 12.1. The molecule has 358 valence electrons. The number of fused-ring (bicyclic) bond motifs is 6. The van der Waals surface area contributed by atoms with Crippen molar-refractivity contribution in [3.05, 3.63) is 162 Å². The van der Waals surface area contributed by atoms with Crippen LogP contribution in [-0.4, -0.2) is 71.8 Å². The highest BCUT2D eigenvalue weighted by Crippen LogP contribution is 2.45. The fourth-order valence-electron chi connectivity index (χ4n) is 11.4. The number of benzene rings is 3. The van der Waals surface area contributed by atoms with Crippen molar-refractivity contribution in [2.45, 2.75) is 108 Å². The summed E-state index contributed by atoms with van der Waals surface area (Å²) < 4.78 is 63.3. The van der Waals surface area contributed by atoms with Gasteiger partial charge in [-0.1, -0.05) is 42.5 Å². The Hall–Kier alpha value is -7.24. The number of rotatable bonds is 9. The van der Waals surface area contributed by atoms with E-state index in [1.807, 2.05) is 40.1 Å². The van der Waals surface area contributed by atoms with Crippen LogP contribution in [-0.2, 0) is 32.8 Å². The summed E-state index contributed by atoms with van der Waals surface area (Å²) in [5.74, 6) is -5.37. The number of ether oxygens (including phenoxy) is 1. The van der Waals surface area contributed by atoms with Crippen molar-refractivity contribution in [1.82, 2.24) is 29.6 Å².